The molecule has 1 heterocycles. The van der Waals surface area contributed by atoms with E-state index in [1.807, 2.05) is 0 Å². The number of amides is 2. The molecule has 0 N–H and O–H groups in total. The molecule has 0 unspecified atom stereocenters. The van der Waals surface area contributed by atoms with Crippen LogP contribution in [0.15, 0.2) is 68.4 Å². The van der Waals surface area contributed by atoms with E-state index in [9.17, 15) is 14.0 Å². The van der Waals surface area contributed by atoms with E-state index in [1.165, 1.54) is 12.1 Å². The van der Waals surface area contributed by atoms with Crippen molar-refractivity contribution in [2.24, 2.45) is 0 Å². The van der Waals surface area contributed by atoms with Gasteiger partial charge in [0, 0.05) is 15.6 Å². The third kappa shape index (κ3) is 5.86. The lowest BCUT2D eigenvalue weighted by Crippen LogP contribution is -2.27. The second kappa shape index (κ2) is 10.8. The number of ether oxygens (including phenoxy) is 1. The van der Waals surface area contributed by atoms with Crippen molar-refractivity contribution in [3.63, 3.8) is 0 Å². The van der Waals surface area contributed by atoms with Crippen LogP contribution in [0.5, 0.6) is 5.75 Å². The van der Waals surface area contributed by atoms with E-state index in [0.29, 0.717) is 40.8 Å². The number of rotatable bonds is 6. The van der Waals surface area contributed by atoms with Crippen LogP contribution in [0.2, 0.25) is 10.0 Å². The standard InChI is InChI=1S/C24H14Br2Cl2FNO3S/c25-18-7-14(8-19(26)22(18)33-12-15-3-4-16(27)10-20(15)28)9-21-23(31)30(24(32)34-21)11-13-1-5-17(29)6-2-13/h1-10H,11-12H2/b21-9-. The number of hydrogen-bond donors (Lipinski definition) is 0. The van der Waals surface area contributed by atoms with Gasteiger partial charge in [-0.2, -0.15) is 0 Å². The minimum Gasteiger partial charge on any atom is -0.486 e. The van der Waals surface area contributed by atoms with Gasteiger partial charge in [-0.15, -0.1) is 0 Å². The first-order chi connectivity index (χ1) is 16.2. The predicted octanol–water partition coefficient (Wildman–Crippen LogP) is 8.47. The Kier molecular flexibility index (Phi) is 8.05. The Labute approximate surface area is 226 Å². The number of benzene rings is 3. The number of imide groups is 1. The van der Waals surface area contributed by atoms with Crippen molar-refractivity contribution in [1.29, 1.82) is 0 Å². The van der Waals surface area contributed by atoms with Crippen molar-refractivity contribution >= 4 is 84.0 Å². The van der Waals surface area contributed by atoms with Gasteiger partial charge >= 0.3 is 0 Å². The van der Waals surface area contributed by atoms with Gasteiger partial charge < -0.3 is 4.74 Å². The number of hydrogen-bond acceptors (Lipinski definition) is 4. The molecule has 1 fully saturated rings. The number of nitrogens with zero attached hydrogens (tertiary/aromatic N) is 1. The second-order valence-corrected chi connectivity index (χ2v) is 10.8. The molecule has 3 aromatic carbocycles. The van der Waals surface area contributed by atoms with E-state index in [-0.39, 0.29) is 24.2 Å². The molecule has 1 aliphatic heterocycles. The molecule has 174 valence electrons. The molecule has 0 aliphatic carbocycles. The first-order valence-electron chi connectivity index (χ1n) is 9.77. The minimum atomic E-state index is -0.399. The lowest BCUT2D eigenvalue weighted by molar-refractivity contribution is -0.123. The molecule has 4 nitrogen and oxygen atoms in total. The van der Waals surface area contributed by atoms with Crippen molar-refractivity contribution in [2.75, 3.05) is 0 Å². The van der Waals surface area contributed by atoms with E-state index in [0.717, 1.165) is 22.2 Å². The number of carbonyl (C=O) groups excluding carboxylic acids is 2. The highest BCUT2D eigenvalue weighted by molar-refractivity contribution is 9.11. The summed E-state index contributed by atoms with van der Waals surface area (Å²) in [4.78, 5) is 26.7. The molecule has 0 saturated carbocycles. The third-order valence-corrected chi connectivity index (χ3v) is 7.51. The van der Waals surface area contributed by atoms with Gasteiger partial charge in [-0.1, -0.05) is 41.4 Å². The zero-order valence-corrected chi connectivity index (χ0v) is 22.7. The van der Waals surface area contributed by atoms with Crippen molar-refractivity contribution in [2.45, 2.75) is 13.2 Å². The molecule has 0 bridgehead atoms. The summed E-state index contributed by atoms with van der Waals surface area (Å²) in [6.45, 7) is 0.310. The predicted molar refractivity (Wildman–Crippen MR) is 141 cm³/mol. The fourth-order valence-electron chi connectivity index (χ4n) is 3.15. The maximum Gasteiger partial charge on any atom is 0.293 e. The summed E-state index contributed by atoms with van der Waals surface area (Å²) in [5.41, 5.74) is 2.14. The first-order valence-corrected chi connectivity index (χ1v) is 12.9. The SMILES string of the molecule is O=C1S/C(=C\c2cc(Br)c(OCc3ccc(Cl)cc3Cl)c(Br)c2)C(=O)N1Cc1ccc(F)cc1. The van der Waals surface area contributed by atoms with Crippen LogP contribution in [-0.2, 0) is 17.9 Å². The molecular weight excluding hydrogens is 632 g/mol. The quantitative estimate of drug-likeness (QED) is 0.252. The summed E-state index contributed by atoms with van der Waals surface area (Å²) in [5.74, 6) is -0.213. The molecular formula is C24H14Br2Cl2FNO3S. The molecule has 4 rings (SSSR count). The van der Waals surface area contributed by atoms with Gasteiger partial charge in [-0.3, -0.25) is 14.5 Å². The first kappa shape index (κ1) is 25.3. The summed E-state index contributed by atoms with van der Waals surface area (Å²) in [5, 5.41) is 0.675. The van der Waals surface area contributed by atoms with E-state index in [2.05, 4.69) is 31.9 Å². The van der Waals surface area contributed by atoms with E-state index in [1.54, 1.807) is 48.5 Å². The lowest BCUT2D eigenvalue weighted by Gasteiger charge is -2.13. The van der Waals surface area contributed by atoms with E-state index in [4.69, 9.17) is 27.9 Å². The van der Waals surface area contributed by atoms with Crippen LogP contribution in [0.4, 0.5) is 9.18 Å². The van der Waals surface area contributed by atoms with Crippen LogP contribution >= 0.6 is 66.8 Å². The fraction of sp³-hybridized carbons (Fsp3) is 0.0833. The molecule has 0 atom stereocenters. The van der Waals surface area contributed by atoms with Gasteiger partial charge in [0.05, 0.1) is 20.4 Å². The van der Waals surface area contributed by atoms with E-state index < -0.39 is 5.91 Å². The smallest absolute Gasteiger partial charge is 0.293 e. The Bertz CT molecular complexity index is 1300. The molecule has 0 aromatic heterocycles. The molecule has 1 aliphatic rings. The molecule has 2 amide bonds. The van der Waals surface area contributed by atoms with Gasteiger partial charge in [-0.25, -0.2) is 4.39 Å². The van der Waals surface area contributed by atoms with Gasteiger partial charge in [0.1, 0.15) is 18.2 Å². The van der Waals surface area contributed by atoms with Crippen molar-refractivity contribution in [3.8, 4) is 5.75 Å². The maximum absolute atomic E-state index is 13.1. The monoisotopic (exact) mass is 643 g/mol. The van der Waals surface area contributed by atoms with Crippen LogP contribution in [-0.4, -0.2) is 16.0 Å². The maximum atomic E-state index is 13.1. The van der Waals surface area contributed by atoms with Crippen LogP contribution < -0.4 is 4.74 Å². The summed E-state index contributed by atoms with van der Waals surface area (Å²) in [6.07, 6.45) is 1.64. The molecule has 10 heteroatoms. The molecule has 0 radical (unpaired) electrons. The highest BCUT2D eigenvalue weighted by Crippen LogP contribution is 2.38. The molecule has 34 heavy (non-hydrogen) atoms. The lowest BCUT2D eigenvalue weighted by atomic mass is 10.2. The Morgan fingerprint density at radius 1 is 1.00 bits per heavy atom. The van der Waals surface area contributed by atoms with Crippen molar-refractivity contribution < 1.29 is 18.7 Å². The fourth-order valence-corrected chi connectivity index (χ4v) is 5.90. The van der Waals surface area contributed by atoms with Crippen molar-refractivity contribution in [1.82, 2.24) is 4.90 Å². The topological polar surface area (TPSA) is 46.6 Å². The van der Waals surface area contributed by atoms with Crippen LogP contribution in [0.25, 0.3) is 6.08 Å². The number of halogens is 5. The van der Waals surface area contributed by atoms with Crippen LogP contribution in [0, 0.1) is 5.82 Å². The normalized spacial score (nSPS) is 14.9. The Hall–Kier alpha value is -1.84. The van der Waals surface area contributed by atoms with Crippen molar-refractivity contribution in [3.05, 3.63) is 101 Å². The molecule has 0 spiro atoms. The van der Waals surface area contributed by atoms with Gasteiger partial charge in [0.25, 0.3) is 11.1 Å². The molecule has 3 aromatic rings. The zero-order valence-electron chi connectivity index (χ0n) is 17.2. The summed E-state index contributed by atoms with van der Waals surface area (Å²) < 4.78 is 20.4. The summed E-state index contributed by atoms with van der Waals surface area (Å²) in [7, 11) is 0. The van der Waals surface area contributed by atoms with E-state index >= 15 is 0 Å². The third-order valence-electron chi connectivity index (χ3n) is 4.83. The number of carbonyl (C=O) groups is 2. The Morgan fingerprint density at radius 2 is 1.68 bits per heavy atom. The van der Waals surface area contributed by atoms with Crippen LogP contribution in [0.1, 0.15) is 16.7 Å². The van der Waals surface area contributed by atoms with Gasteiger partial charge in [-0.05, 0) is 97.2 Å². The van der Waals surface area contributed by atoms with Gasteiger partial charge in [0.15, 0.2) is 0 Å². The zero-order chi connectivity index (χ0) is 24.4. The Balaban J connectivity index is 1.50. The average Bonchev–Trinajstić information content (AvgIpc) is 3.03. The van der Waals surface area contributed by atoms with Gasteiger partial charge in [0.2, 0.25) is 0 Å². The molecule has 1 saturated heterocycles. The highest BCUT2D eigenvalue weighted by atomic mass is 79.9. The van der Waals surface area contributed by atoms with Crippen LogP contribution in [0.3, 0.4) is 0 Å². The second-order valence-electron chi connectivity index (χ2n) is 7.23. The Morgan fingerprint density at radius 3 is 2.32 bits per heavy atom. The number of thioether (sulfide) groups is 1. The summed E-state index contributed by atoms with van der Waals surface area (Å²) >= 11 is 20.0. The minimum absolute atomic E-state index is 0.0791. The highest BCUT2D eigenvalue weighted by Gasteiger charge is 2.35. The summed E-state index contributed by atoms with van der Waals surface area (Å²) in [6, 6.07) is 14.4. The largest absolute Gasteiger partial charge is 0.486 e. The average molecular weight is 646 g/mol.